The number of tetrazole rings is 1. The van der Waals surface area contributed by atoms with Crippen molar-refractivity contribution in [3.63, 3.8) is 0 Å². The molecule has 0 saturated heterocycles. The summed E-state index contributed by atoms with van der Waals surface area (Å²) in [4.78, 5) is 13.0. The van der Waals surface area contributed by atoms with Crippen molar-refractivity contribution in [3.05, 3.63) is 77.1 Å². The Bertz CT molecular complexity index is 900. The molecule has 25 heavy (non-hydrogen) atoms. The number of carboxylic acids is 1. The van der Waals surface area contributed by atoms with E-state index in [1.54, 1.807) is 0 Å². The second-order valence-electron chi connectivity index (χ2n) is 5.17. The molecule has 0 saturated carbocycles. The molecular formula is C17H12F2N4O2. The number of aromatic nitrogens is 4. The normalized spacial score (nSPS) is 10.5. The summed E-state index contributed by atoms with van der Waals surface area (Å²) in [6.45, 7) is 0. The van der Waals surface area contributed by atoms with E-state index in [0.29, 0.717) is 11.1 Å². The fraction of sp³-hybridized carbons (Fsp3) is 0.0588. The standard InChI is InChI=1S/C17H12F2N4O2/c1-23-21-16(20-22-23)15(17(24)25)14(10-2-6-12(18)7-3-10)11-4-8-13(19)9-5-11/h2-9H,1H3,(H,24,25). The molecule has 0 aliphatic rings. The van der Waals surface area contributed by atoms with Crippen molar-refractivity contribution in [1.82, 2.24) is 20.2 Å². The van der Waals surface area contributed by atoms with Crippen LogP contribution in [0.3, 0.4) is 0 Å². The summed E-state index contributed by atoms with van der Waals surface area (Å²) in [5.41, 5.74) is 0.877. The quantitative estimate of drug-likeness (QED) is 0.737. The van der Waals surface area contributed by atoms with Crippen molar-refractivity contribution >= 4 is 17.1 Å². The summed E-state index contributed by atoms with van der Waals surface area (Å²) in [5.74, 6) is -2.30. The zero-order valence-corrected chi connectivity index (χ0v) is 13.0. The highest BCUT2D eigenvalue weighted by Crippen LogP contribution is 2.31. The van der Waals surface area contributed by atoms with Crippen LogP contribution in [0.1, 0.15) is 17.0 Å². The predicted octanol–water partition coefficient (Wildman–Crippen LogP) is 2.53. The van der Waals surface area contributed by atoms with Gasteiger partial charge in [-0.2, -0.15) is 4.80 Å². The molecule has 1 heterocycles. The van der Waals surface area contributed by atoms with Crippen molar-refractivity contribution in [2.24, 2.45) is 7.05 Å². The summed E-state index contributed by atoms with van der Waals surface area (Å²) >= 11 is 0. The van der Waals surface area contributed by atoms with E-state index in [9.17, 15) is 18.7 Å². The fourth-order valence-electron chi connectivity index (χ4n) is 2.39. The SMILES string of the molecule is Cn1nnc(C(C(=O)O)=C(c2ccc(F)cc2)c2ccc(F)cc2)n1. The van der Waals surface area contributed by atoms with Crippen molar-refractivity contribution in [2.45, 2.75) is 0 Å². The molecule has 8 heteroatoms. The van der Waals surface area contributed by atoms with Gasteiger partial charge in [0.15, 0.2) is 0 Å². The Balaban J connectivity index is 2.32. The van der Waals surface area contributed by atoms with Gasteiger partial charge in [0.25, 0.3) is 0 Å². The molecule has 0 fully saturated rings. The van der Waals surface area contributed by atoms with Crippen molar-refractivity contribution < 1.29 is 18.7 Å². The summed E-state index contributed by atoms with van der Waals surface area (Å²) in [6, 6.07) is 10.6. The Morgan fingerprint density at radius 3 is 1.80 bits per heavy atom. The molecule has 2 aromatic carbocycles. The highest BCUT2D eigenvalue weighted by molar-refractivity contribution is 6.25. The van der Waals surface area contributed by atoms with E-state index in [4.69, 9.17) is 0 Å². The first-order valence-corrected chi connectivity index (χ1v) is 7.19. The lowest BCUT2D eigenvalue weighted by Crippen LogP contribution is -2.07. The molecule has 0 atom stereocenters. The molecule has 6 nitrogen and oxygen atoms in total. The van der Waals surface area contributed by atoms with Crippen molar-refractivity contribution in [3.8, 4) is 0 Å². The van der Waals surface area contributed by atoms with Crippen LogP contribution >= 0.6 is 0 Å². The number of benzene rings is 2. The molecule has 0 bridgehead atoms. The highest BCUT2D eigenvalue weighted by atomic mass is 19.1. The molecule has 3 rings (SSSR count). The first kappa shape index (κ1) is 16.4. The number of nitrogens with zero attached hydrogens (tertiary/aromatic N) is 4. The molecule has 0 amide bonds. The molecule has 0 radical (unpaired) electrons. The van der Waals surface area contributed by atoms with Gasteiger partial charge in [0, 0.05) is 5.57 Å². The summed E-state index contributed by atoms with van der Waals surface area (Å²) < 4.78 is 26.5. The maximum atomic E-state index is 13.3. The smallest absolute Gasteiger partial charge is 0.340 e. The molecule has 0 unspecified atom stereocenters. The number of hydrogen-bond donors (Lipinski definition) is 1. The van der Waals surface area contributed by atoms with Crippen LogP contribution in [-0.4, -0.2) is 31.3 Å². The molecule has 0 aliphatic heterocycles. The van der Waals surface area contributed by atoms with Crippen LogP contribution in [-0.2, 0) is 11.8 Å². The van der Waals surface area contributed by atoms with Crippen LogP contribution < -0.4 is 0 Å². The minimum Gasteiger partial charge on any atom is -0.478 e. The van der Waals surface area contributed by atoms with Gasteiger partial charge in [-0.1, -0.05) is 24.3 Å². The summed E-state index contributed by atoms with van der Waals surface area (Å²) in [6.07, 6.45) is 0. The highest BCUT2D eigenvalue weighted by Gasteiger charge is 2.24. The Hall–Kier alpha value is -3.42. The van der Waals surface area contributed by atoms with E-state index in [0.717, 1.165) is 4.80 Å². The Morgan fingerprint density at radius 2 is 1.44 bits per heavy atom. The van der Waals surface area contributed by atoms with Gasteiger partial charge < -0.3 is 5.11 Å². The maximum Gasteiger partial charge on any atom is 0.340 e. The molecule has 3 aromatic rings. The Labute approximate surface area is 141 Å². The predicted molar refractivity (Wildman–Crippen MR) is 85.1 cm³/mol. The number of aliphatic carboxylic acids is 1. The van der Waals surface area contributed by atoms with Crippen LogP contribution in [0.2, 0.25) is 0 Å². The lowest BCUT2D eigenvalue weighted by Gasteiger charge is -2.12. The van der Waals surface area contributed by atoms with E-state index < -0.39 is 17.6 Å². The first-order valence-electron chi connectivity index (χ1n) is 7.19. The number of rotatable bonds is 4. The molecule has 126 valence electrons. The number of carbonyl (C=O) groups is 1. The molecular weight excluding hydrogens is 330 g/mol. The summed E-state index contributed by atoms with van der Waals surface area (Å²) in [5, 5.41) is 21.1. The van der Waals surface area contributed by atoms with E-state index >= 15 is 0 Å². The van der Waals surface area contributed by atoms with Gasteiger partial charge in [-0.05, 0) is 40.6 Å². The fourth-order valence-corrected chi connectivity index (χ4v) is 2.39. The van der Waals surface area contributed by atoms with Gasteiger partial charge in [-0.25, -0.2) is 13.6 Å². The molecule has 0 spiro atoms. The van der Waals surface area contributed by atoms with Gasteiger partial charge in [-0.15, -0.1) is 10.2 Å². The zero-order chi connectivity index (χ0) is 18.0. The first-order chi connectivity index (χ1) is 12.0. The van der Waals surface area contributed by atoms with Crippen LogP contribution in [0.5, 0.6) is 0 Å². The Morgan fingerprint density at radius 1 is 0.960 bits per heavy atom. The second kappa shape index (κ2) is 6.60. The largest absolute Gasteiger partial charge is 0.478 e. The van der Waals surface area contributed by atoms with Gasteiger partial charge >= 0.3 is 5.97 Å². The second-order valence-corrected chi connectivity index (χ2v) is 5.17. The van der Waals surface area contributed by atoms with E-state index in [2.05, 4.69) is 15.4 Å². The average molecular weight is 342 g/mol. The van der Waals surface area contributed by atoms with E-state index in [1.165, 1.54) is 55.6 Å². The van der Waals surface area contributed by atoms with Crippen LogP contribution in [0.25, 0.3) is 11.1 Å². The summed E-state index contributed by atoms with van der Waals surface area (Å²) in [7, 11) is 1.51. The third-order valence-electron chi connectivity index (χ3n) is 3.46. The third kappa shape index (κ3) is 3.42. The number of hydrogen-bond acceptors (Lipinski definition) is 4. The van der Waals surface area contributed by atoms with Crippen LogP contribution in [0.15, 0.2) is 48.5 Å². The number of carboxylic acid groups (broad SMARTS) is 1. The van der Waals surface area contributed by atoms with E-state index in [-0.39, 0.29) is 17.0 Å². The van der Waals surface area contributed by atoms with Gasteiger partial charge in [0.1, 0.15) is 17.2 Å². The molecule has 1 N–H and O–H groups in total. The lowest BCUT2D eigenvalue weighted by atomic mass is 9.92. The van der Waals surface area contributed by atoms with Crippen LogP contribution in [0.4, 0.5) is 8.78 Å². The lowest BCUT2D eigenvalue weighted by molar-refractivity contribution is -0.130. The zero-order valence-electron chi connectivity index (χ0n) is 13.0. The average Bonchev–Trinajstić information content (AvgIpc) is 3.00. The monoisotopic (exact) mass is 342 g/mol. The minimum absolute atomic E-state index is 0.0985. The van der Waals surface area contributed by atoms with Gasteiger partial charge in [0.05, 0.1) is 7.05 Å². The van der Waals surface area contributed by atoms with Gasteiger partial charge in [-0.3, -0.25) is 0 Å². The van der Waals surface area contributed by atoms with Crippen molar-refractivity contribution in [1.29, 1.82) is 0 Å². The van der Waals surface area contributed by atoms with Crippen molar-refractivity contribution in [2.75, 3.05) is 0 Å². The number of halogens is 2. The minimum atomic E-state index is -1.28. The molecule has 1 aromatic heterocycles. The topological polar surface area (TPSA) is 80.9 Å². The Kier molecular flexibility index (Phi) is 4.34. The van der Waals surface area contributed by atoms with Gasteiger partial charge in [0.2, 0.25) is 5.82 Å². The number of aryl methyl sites for hydroxylation is 1. The van der Waals surface area contributed by atoms with E-state index in [1.807, 2.05) is 0 Å². The third-order valence-corrected chi connectivity index (χ3v) is 3.46. The molecule has 0 aliphatic carbocycles. The van der Waals surface area contributed by atoms with Crippen LogP contribution in [0, 0.1) is 11.6 Å². The maximum absolute atomic E-state index is 13.3.